The molecule has 0 spiro atoms. The molecule has 1 aliphatic heterocycles. The number of nitrogens with zero attached hydrogens (tertiary/aromatic N) is 3. The van der Waals surface area contributed by atoms with Gasteiger partial charge < -0.3 is 14.8 Å². The lowest BCUT2D eigenvalue weighted by Gasteiger charge is -2.32. The van der Waals surface area contributed by atoms with Crippen LogP contribution < -0.4 is 10.2 Å². The van der Waals surface area contributed by atoms with E-state index in [1.54, 1.807) is 24.3 Å². The number of anilines is 1. The predicted octanol–water partition coefficient (Wildman–Crippen LogP) is 4.90. The number of carbonyl (C=O) groups excluding carboxylic acids is 1. The fourth-order valence-electron chi connectivity index (χ4n) is 4.56. The van der Waals surface area contributed by atoms with Crippen LogP contribution in [0, 0.1) is 17.6 Å². The van der Waals surface area contributed by atoms with E-state index in [4.69, 9.17) is 4.98 Å². The number of hydrogen-bond acceptors (Lipinski definition) is 3. The van der Waals surface area contributed by atoms with Crippen molar-refractivity contribution in [1.82, 2.24) is 14.9 Å². The van der Waals surface area contributed by atoms with Crippen molar-refractivity contribution in [3.8, 4) is 0 Å². The lowest BCUT2D eigenvalue weighted by molar-refractivity contribution is -0.125. The maximum absolute atomic E-state index is 13.8. The molecule has 1 N–H and O–H groups in total. The standard InChI is InChI=1S/C27H26F2N4O/c28-22-10-8-19(9-11-22)17-30-26(34)21-12-14-32(15-13-21)27-31-24-6-1-2-7-25(24)33(27)18-20-4-3-5-23(29)16-20/h1-11,16,21H,12-15,17-18H2,(H,30,34). The number of amides is 1. The van der Waals surface area contributed by atoms with E-state index in [0.29, 0.717) is 26.2 Å². The van der Waals surface area contributed by atoms with Gasteiger partial charge >= 0.3 is 0 Å². The summed E-state index contributed by atoms with van der Waals surface area (Å²) in [5.74, 6) is 0.257. The molecule has 4 aromatic rings. The number of fused-ring (bicyclic) bond motifs is 1. The number of rotatable bonds is 6. The van der Waals surface area contributed by atoms with Crippen LogP contribution in [0.25, 0.3) is 11.0 Å². The summed E-state index contributed by atoms with van der Waals surface area (Å²) >= 11 is 0. The SMILES string of the molecule is O=C(NCc1ccc(F)cc1)C1CCN(c2nc3ccccc3n2Cc2cccc(F)c2)CC1. The third-order valence-electron chi connectivity index (χ3n) is 6.39. The van der Waals surface area contributed by atoms with Crippen molar-refractivity contribution >= 4 is 22.9 Å². The normalized spacial score (nSPS) is 14.5. The van der Waals surface area contributed by atoms with Crippen LogP contribution in [0.4, 0.5) is 14.7 Å². The first-order chi connectivity index (χ1) is 16.6. The Morgan fingerprint density at radius 2 is 1.68 bits per heavy atom. The molecular weight excluding hydrogens is 434 g/mol. The first-order valence-corrected chi connectivity index (χ1v) is 11.5. The Hall–Kier alpha value is -3.74. The molecule has 34 heavy (non-hydrogen) atoms. The number of benzene rings is 3. The molecule has 3 aromatic carbocycles. The van der Waals surface area contributed by atoms with Gasteiger partial charge in [-0.2, -0.15) is 0 Å². The summed E-state index contributed by atoms with van der Waals surface area (Å²) in [5, 5.41) is 2.98. The minimum Gasteiger partial charge on any atom is -0.352 e. The molecule has 5 rings (SSSR count). The van der Waals surface area contributed by atoms with Gasteiger partial charge in [0.15, 0.2) is 0 Å². The number of aromatic nitrogens is 2. The molecule has 1 aromatic heterocycles. The Bertz CT molecular complexity index is 1290. The van der Waals surface area contributed by atoms with Crippen molar-refractivity contribution in [3.63, 3.8) is 0 Å². The molecule has 0 radical (unpaired) electrons. The molecule has 7 heteroatoms. The highest BCUT2D eigenvalue weighted by atomic mass is 19.1. The van der Waals surface area contributed by atoms with Gasteiger partial charge in [-0.05, 0) is 60.4 Å². The number of nitrogens with one attached hydrogen (secondary N) is 1. The van der Waals surface area contributed by atoms with Gasteiger partial charge in [0, 0.05) is 25.6 Å². The van der Waals surface area contributed by atoms with E-state index in [-0.39, 0.29) is 23.5 Å². The molecule has 0 atom stereocenters. The Morgan fingerprint density at radius 3 is 2.44 bits per heavy atom. The number of carbonyl (C=O) groups is 1. The second-order valence-corrected chi connectivity index (χ2v) is 8.72. The third kappa shape index (κ3) is 4.78. The topological polar surface area (TPSA) is 50.2 Å². The quantitative estimate of drug-likeness (QED) is 0.446. The number of piperidine rings is 1. The largest absolute Gasteiger partial charge is 0.352 e. The molecular formula is C27H26F2N4O. The van der Waals surface area contributed by atoms with Gasteiger partial charge in [0.1, 0.15) is 11.6 Å². The monoisotopic (exact) mass is 460 g/mol. The first-order valence-electron chi connectivity index (χ1n) is 11.5. The summed E-state index contributed by atoms with van der Waals surface area (Å²) < 4.78 is 29.0. The summed E-state index contributed by atoms with van der Waals surface area (Å²) in [6.45, 7) is 2.33. The molecule has 0 aliphatic carbocycles. The van der Waals surface area contributed by atoms with Crippen LogP contribution in [0.15, 0.2) is 72.8 Å². The summed E-state index contributed by atoms with van der Waals surface area (Å²) in [7, 11) is 0. The van der Waals surface area contributed by atoms with Crippen molar-refractivity contribution < 1.29 is 13.6 Å². The number of imidazole rings is 1. The van der Waals surface area contributed by atoms with Crippen molar-refractivity contribution in [2.45, 2.75) is 25.9 Å². The molecule has 1 aliphatic rings. The predicted molar refractivity (Wildman–Crippen MR) is 128 cm³/mol. The third-order valence-corrected chi connectivity index (χ3v) is 6.39. The fraction of sp³-hybridized carbons (Fsp3) is 0.259. The lowest BCUT2D eigenvalue weighted by atomic mass is 9.96. The van der Waals surface area contributed by atoms with Crippen LogP contribution in [0.1, 0.15) is 24.0 Å². The van der Waals surface area contributed by atoms with E-state index in [2.05, 4.69) is 14.8 Å². The summed E-state index contributed by atoms with van der Waals surface area (Å²) in [6, 6.07) is 20.8. The van der Waals surface area contributed by atoms with Crippen LogP contribution in [-0.2, 0) is 17.9 Å². The zero-order valence-corrected chi connectivity index (χ0v) is 18.8. The van der Waals surface area contributed by atoms with Gasteiger partial charge in [-0.25, -0.2) is 13.8 Å². The van der Waals surface area contributed by atoms with Gasteiger partial charge in [0.2, 0.25) is 11.9 Å². The van der Waals surface area contributed by atoms with E-state index in [9.17, 15) is 13.6 Å². The van der Waals surface area contributed by atoms with E-state index < -0.39 is 0 Å². The maximum atomic E-state index is 13.8. The minimum absolute atomic E-state index is 0.0252. The molecule has 1 saturated heterocycles. The van der Waals surface area contributed by atoms with Crippen molar-refractivity contribution in [3.05, 3.63) is 95.6 Å². The highest BCUT2D eigenvalue weighted by molar-refractivity contribution is 5.80. The second-order valence-electron chi connectivity index (χ2n) is 8.72. The van der Waals surface area contributed by atoms with E-state index >= 15 is 0 Å². The zero-order valence-electron chi connectivity index (χ0n) is 18.8. The van der Waals surface area contributed by atoms with Crippen molar-refractivity contribution in [1.29, 1.82) is 0 Å². The van der Waals surface area contributed by atoms with E-state index in [1.165, 1.54) is 18.2 Å². The van der Waals surface area contributed by atoms with E-state index in [0.717, 1.165) is 41.0 Å². The molecule has 174 valence electrons. The van der Waals surface area contributed by atoms with Crippen LogP contribution in [0.5, 0.6) is 0 Å². The summed E-state index contributed by atoms with van der Waals surface area (Å²) in [6.07, 6.45) is 1.44. The van der Waals surface area contributed by atoms with Gasteiger partial charge in [0.05, 0.1) is 17.6 Å². The lowest BCUT2D eigenvalue weighted by Crippen LogP contribution is -2.41. The van der Waals surface area contributed by atoms with Crippen LogP contribution in [0.2, 0.25) is 0 Å². The number of halogens is 2. The minimum atomic E-state index is -0.286. The number of hydrogen-bond donors (Lipinski definition) is 1. The van der Waals surface area contributed by atoms with Gasteiger partial charge in [-0.15, -0.1) is 0 Å². The Morgan fingerprint density at radius 1 is 0.912 bits per heavy atom. The molecule has 1 fully saturated rings. The molecule has 0 saturated carbocycles. The average molecular weight is 461 g/mol. The van der Waals surface area contributed by atoms with Crippen molar-refractivity contribution in [2.75, 3.05) is 18.0 Å². The van der Waals surface area contributed by atoms with Gasteiger partial charge in [-0.1, -0.05) is 36.4 Å². The smallest absolute Gasteiger partial charge is 0.223 e. The molecule has 1 amide bonds. The van der Waals surface area contributed by atoms with Crippen LogP contribution in [-0.4, -0.2) is 28.5 Å². The maximum Gasteiger partial charge on any atom is 0.223 e. The average Bonchev–Trinajstić information content (AvgIpc) is 3.22. The van der Waals surface area contributed by atoms with Crippen molar-refractivity contribution in [2.24, 2.45) is 5.92 Å². The highest BCUT2D eigenvalue weighted by Gasteiger charge is 2.27. The van der Waals surface area contributed by atoms with Gasteiger partial charge in [0.25, 0.3) is 0 Å². The summed E-state index contributed by atoms with van der Waals surface area (Å²) in [5.41, 5.74) is 3.65. The Kier molecular flexibility index (Phi) is 6.25. The Balaban J connectivity index is 1.28. The first kappa shape index (κ1) is 22.1. The number of para-hydroxylation sites is 2. The summed E-state index contributed by atoms with van der Waals surface area (Å²) in [4.78, 5) is 19.8. The zero-order chi connectivity index (χ0) is 23.5. The van der Waals surface area contributed by atoms with Gasteiger partial charge in [-0.3, -0.25) is 4.79 Å². The van der Waals surface area contributed by atoms with Crippen LogP contribution >= 0.6 is 0 Å². The van der Waals surface area contributed by atoms with E-state index in [1.807, 2.05) is 30.3 Å². The molecule has 0 bridgehead atoms. The fourth-order valence-corrected chi connectivity index (χ4v) is 4.56. The molecule has 5 nitrogen and oxygen atoms in total. The highest BCUT2D eigenvalue weighted by Crippen LogP contribution is 2.28. The Labute approximate surface area is 197 Å². The van der Waals surface area contributed by atoms with Crippen LogP contribution in [0.3, 0.4) is 0 Å². The molecule has 2 heterocycles. The second kappa shape index (κ2) is 9.63. The molecule has 0 unspecified atom stereocenters.